The number of nitriles is 1. The molecule has 0 bridgehead atoms. The van der Waals surface area contributed by atoms with Crippen LogP contribution in [0.15, 0.2) is 22.8 Å². The minimum Gasteiger partial charge on any atom is -0.468 e. The average Bonchev–Trinajstić information content (AvgIpc) is 3.30. The zero-order valence-electron chi connectivity index (χ0n) is 15.4. The van der Waals surface area contributed by atoms with Crippen molar-refractivity contribution in [1.82, 2.24) is 9.80 Å². The van der Waals surface area contributed by atoms with Crippen molar-refractivity contribution in [3.05, 3.63) is 40.2 Å². The Morgan fingerprint density at radius 2 is 2.00 bits per heavy atom. The van der Waals surface area contributed by atoms with Gasteiger partial charge < -0.3 is 9.73 Å². The molecule has 142 valence electrons. The standard InChI is InChI=1S/C20H24N4O2S/c21-12-17-16-5-1-2-6-18(16)27-20(17)22-19(25)14-24-9-7-23(8-10-24)13-15-4-3-11-26-15/h3-4,11H,1-2,5-10,13-14H2,(H,22,25). The Kier molecular flexibility index (Phi) is 5.58. The van der Waals surface area contributed by atoms with Gasteiger partial charge in [-0.1, -0.05) is 0 Å². The largest absolute Gasteiger partial charge is 0.468 e. The summed E-state index contributed by atoms with van der Waals surface area (Å²) in [5.41, 5.74) is 1.85. The van der Waals surface area contributed by atoms with Crippen molar-refractivity contribution in [3.8, 4) is 6.07 Å². The third-order valence-corrected chi connectivity index (χ3v) is 6.53. The van der Waals surface area contributed by atoms with Gasteiger partial charge in [0.1, 0.15) is 16.8 Å². The van der Waals surface area contributed by atoms with Gasteiger partial charge in [-0.05, 0) is 43.4 Å². The first kappa shape index (κ1) is 18.2. The Labute approximate surface area is 163 Å². The molecule has 4 rings (SSSR count). The summed E-state index contributed by atoms with van der Waals surface area (Å²) in [4.78, 5) is 18.3. The molecule has 2 aliphatic rings. The lowest BCUT2D eigenvalue weighted by atomic mass is 9.96. The zero-order chi connectivity index (χ0) is 18.6. The van der Waals surface area contributed by atoms with Gasteiger partial charge >= 0.3 is 0 Å². The summed E-state index contributed by atoms with van der Waals surface area (Å²) in [6, 6.07) is 6.21. The molecule has 0 unspecified atom stereocenters. The Hall–Kier alpha value is -2.14. The van der Waals surface area contributed by atoms with Crippen LogP contribution in [0.1, 0.15) is 34.6 Å². The number of thiophene rings is 1. The van der Waals surface area contributed by atoms with E-state index in [2.05, 4.69) is 21.2 Å². The van der Waals surface area contributed by atoms with Crippen molar-refractivity contribution >= 4 is 22.2 Å². The molecule has 1 aliphatic carbocycles. The molecule has 0 saturated carbocycles. The van der Waals surface area contributed by atoms with Crippen LogP contribution in [0.3, 0.4) is 0 Å². The molecular weight excluding hydrogens is 360 g/mol. The van der Waals surface area contributed by atoms with Gasteiger partial charge in [-0.2, -0.15) is 5.26 Å². The molecule has 6 nitrogen and oxygen atoms in total. The van der Waals surface area contributed by atoms with E-state index in [1.807, 2.05) is 12.1 Å². The van der Waals surface area contributed by atoms with E-state index >= 15 is 0 Å². The number of hydrogen-bond acceptors (Lipinski definition) is 6. The number of furan rings is 1. The van der Waals surface area contributed by atoms with Crippen molar-refractivity contribution in [2.45, 2.75) is 32.2 Å². The third-order valence-electron chi connectivity index (χ3n) is 5.33. The van der Waals surface area contributed by atoms with E-state index < -0.39 is 0 Å². The molecule has 2 aromatic rings. The van der Waals surface area contributed by atoms with E-state index in [0.29, 0.717) is 12.1 Å². The van der Waals surface area contributed by atoms with Gasteiger partial charge in [0, 0.05) is 31.1 Å². The van der Waals surface area contributed by atoms with Crippen LogP contribution in [0.25, 0.3) is 0 Å². The second-order valence-electron chi connectivity index (χ2n) is 7.21. The molecule has 7 heteroatoms. The summed E-state index contributed by atoms with van der Waals surface area (Å²) in [5.74, 6) is 0.955. The number of nitrogens with zero attached hydrogens (tertiary/aromatic N) is 3. The molecule has 1 saturated heterocycles. The summed E-state index contributed by atoms with van der Waals surface area (Å²) < 4.78 is 5.41. The van der Waals surface area contributed by atoms with Gasteiger partial charge in [-0.15, -0.1) is 11.3 Å². The van der Waals surface area contributed by atoms with E-state index in [9.17, 15) is 10.1 Å². The Morgan fingerprint density at radius 1 is 1.22 bits per heavy atom. The molecule has 0 radical (unpaired) electrons. The smallest absolute Gasteiger partial charge is 0.239 e. The monoisotopic (exact) mass is 384 g/mol. The number of anilines is 1. The molecule has 0 spiro atoms. The van der Waals surface area contributed by atoms with E-state index in [4.69, 9.17) is 4.42 Å². The number of amides is 1. The molecule has 1 fully saturated rings. The number of rotatable bonds is 5. The van der Waals surface area contributed by atoms with Crippen molar-refractivity contribution in [1.29, 1.82) is 5.26 Å². The van der Waals surface area contributed by atoms with Crippen molar-refractivity contribution < 1.29 is 9.21 Å². The SMILES string of the molecule is N#Cc1c(NC(=O)CN2CCN(Cc3ccco3)CC2)sc2c1CCCC2. The van der Waals surface area contributed by atoms with E-state index in [1.54, 1.807) is 17.6 Å². The first-order valence-electron chi connectivity index (χ1n) is 9.54. The van der Waals surface area contributed by atoms with Crippen molar-refractivity contribution in [3.63, 3.8) is 0 Å². The number of carbonyl (C=O) groups is 1. The number of piperazine rings is 1. The Bertz CT molecular complexity index is 829. The molecule has 1 N–H and O–H groups in total. The van der Waals surface area contributed by atoms with E-state index in [1.165, 1.54) is 11.3 Å². The van der Waals surface area contributed by atoms with Crippen LogP contribution in [0.5, 0.6) is 0 Å². The number of aryl methyl sites for hydroxylation is 1. The Morgan fingerprint density at radius 3 is 2.74 bits per heavy atom. The van der Waals surface area contributed by atoms with Crippen molar-refractivity contribution in [2.24, 2.45) is 0 Å². The van der Waals surface area contributed by atoms with Gasteiger partial charge in [0.25, 0.3) is 0 Å². The molecule has 1 aliphatic heterocycles. The normalized spacial score (nSPS) is 18.0. The Balaban J connectivity index is 1.29. The molecule has 3 heterocycles. The molecular formula is C20H24N4O2S. The molecule has 0 aromatic carbocycles. The third kappa shape index (κ3) is 4.24. The van der Waals surface area contributed by atoms with Crippen LogP contribution in [0.4, 0.5) is 5.00 Å². The topological polar surface area (TPSA) is 72.5 Å². The van der Waals surface area contributed by atoms with Crippen LogP contribution in [-0.4, -0.2) is 48.4 Å². The lowest BCUT2D eigenvalue weighted by Gasteiger charge is -2.33. The van der Waals surface area contributed by atoms with Crippen LogP contribution >= 0.6 is 11.3 Å². The summed E-state index contributed by atoms with van der Waals surface area (Å²) in [6.07, 6.45) is 6.00. The van der Waals surface area contributed by atoms with Gasteiger partial charge in [-0.3, -0.25) is 14.6 Å². The van der Waals surface area contributed by atoms with Gasteiger partial charge in [-0.25, -0.2) is 0 Å². The summed E-state index contributed by atoms with van der Waals surface area (Å²) in [5, 5.41) is 13.3. The first-order valence-corrected chi connectivity index (χ1v) is 10.4. The highest BCUT2D eigenvalue weighted by Crippen LogP contribution is 2.37. The fourth-order valence-electron chi connectivity index (χ4n) is 3.87. The molecule has 0 atom stereocenters. The van der Waals surface area contributed by atoms with Gasteiger partial charge in [0.15, 0.2) is 0 Å². The highest BCUT2D eigenvalue weighted by atomic mass is 32.1. The van der Waals surface area contributed by atoms with E-state index in [-0.39, 0.29) is 5.91 Å². The van der Waals surface area contributed by atoms with Crippen LogP contribution < -0.4 is 5.32 Å². The van der Waals surface area contributed by atoms with Crippen LogP contribution in [-0.2, 0) is 24.2 Å². The average molecular weight is 385 g/mol. The summed E-state index contributed by atoms with van der Waals surface area (Å²) in [6.45, 7) is 4.76. The lowest BCUT2D eigenvalue weighted by Crippen LogP contribution is -2.48. The second-order valence-corrected chi connectivity index (χ2v) is 8.31. The first-order chi connectivity index (χ1) is 13.2. The summed E-state index contributed by atoms with van der Waals surface area (Å²) in [7, 11) is 0. The molecule has 2 aromatic heterocycles. The summed E-state index contributed by atoms with van der Waals surface area (Å²) >= 11 is 1.59. The quantitative estimate of drug-likeness (QED) is 0.858. The maximum absolute atomic E-state index is 12.5. The second kappa shape index (κ2) is 8.26. The number of fused-ring (bicyclic) bond motifs is 1. The van der Waals surface area contributed by atoms with Crippen LogP contribution in [0.2, 0.25) is 0 Å². The lowest BCUT2D eigenvalue weighted by molar-refractivity contribution is -0.117. The molecule has 1 amide bonds. The number of hydrogen-bond donors (Lipinski definition) is 1. The number of carbonyl (C=O) groups excluding carboxylic acids is 1. The highest BCUT2D eigenvalue weighted by molar-refractivity contribution is 7.16. The minimum atomic E-state index is -0.0235. The molecule has 27 heavy (non-hydrogen) atoms. The van der Waals surface area contributed by atoms with Crippen molar-refractivity contribution in [2.75, 3.05) is 38.0 Å². The predicted octanol–water partition coefficient (Wildman–Crippen LogP) is 2.85. The maximum Gasteiger partial charge on any atom is 0.239 e. The van der Waals surface area contributed by atoms with Gasteiger partial charge in [0.05, 0.1) is 24.9 Å². The fraction of sp³-hybridized carbons (Fsp3) is 0.500. The van der Waals surface area contributed by atoms with Gasteiger partial charge in [0.2, 0.25) is 5.91 Å². The fourth-order valence-corrected chi connectivity index (χ4v) is 5.13. The maximum atomic E-state index is 12.5. The minimum absolute atomic E-state index is 0.0235. The highest BCUT2D eigenvalue weighted by Gasteiger charge is 2.23. The van der Waals surface area contributed by atoms with Crippen LogP contribution in [0, 0.1) is 11.3 Å². The van der Waals surface area contributed by atoms with E-state index in [0.717, 1.165) is 68.3 Å². The predicted molar refractivity (Wildman–Crippen MR) is 105 cm³/mol. The zero-order valence-corrected chi connectivity index (χ0v) is 16.2. The number of nitrogens with one attached hydrogen (secondary N) is 1.